The van der Waals surface area contributed by atoms with E-state index in [9.17, 15) is 14.4 Å². The first-order valence-electron chi connectivity index (χ1n) is 8.22. The number of benzene rings is 2. The van der Waals surface area contributed by atoms with Crippen molar-refractivity contribution in [2.75, 3.05) is 6.61 Å². The fourth-order valence-electron chi connectivity index (χ4n) is 2.98. The van der Waals surface area contributed by atoms with Gasteiger partial charge in [-0.15, -0.1) is 11.3 Å². The number of esters is 1. The van der Waals surface area contributed by atoms with Crippen LogP contribution in [-0.2, 0) is 4.74 Å². The van der Waals surface area contributed by atoms with E-state index in [2.05, 4.69) is 10.2 Å². The molecule has 0 bridgehead atoms. The number of H-pyrrole nitrogens is 1. The van der Waals surface area contributed by atoms with Gasteiger partial charge in [0.1, 0.15) is 0 Å². The summed E-state index contributed by atoms with van der Waals surface area (Å²) < 4.78 is 6.19. The van der Waals surface area contributed by atoms with Gasteiger partial charge in [-0.3, -0.25) is 9.59 Å². The summed E-state index contributed by atoms with van der Waals surface area (Å²) in [6.45, 7) is 1.49. The highest BCUT2D eigenvalue weighted by atomic mass is 32.1. The quantitative estimate of drug-likeness (QED) is 0.434. The lowest BCUT2D eigenvalue weighted by Gasteiger charge is -2.05. The normalized spacial score (nSPS) is 11.0. The maximum atomic E-state index is 12.5. The summed E-state index contributed by atoms with van der Waals surface area (Å²) in [5.74, 6) is -1.02. The maximum Gasteiger partial charge on any atom is 0.359 e. The number of nitrogens with zero attached hydrogens (tertiary/aromatic N) is 1. The van der Waals surface area contributed by atoms with Crippen LogP contribution in [0.5, 0.6) is 0 Å². The Morgan fingerprint density at radius 1 is 1.04 bits per heavy atom. The molecule has 6 nitrogen and oxygen atoms in total. The smallest absolute Gasteiger partial charge is 0.359 e. The lowest BCUT2D eigenvalue weighted by atomic mass is 10.1. The second kappa shape index (κ2) is 6.77. The highest BCUT2D eigenvalue weighted by molar-refractivity contribution is 7.21. The standard InChI is InChI=1S/C20H14N2O4S/c1-11-12-6-4-5-9-16(12)27-18(11)15(23)10-26-20(25)17-13-7-2-3-8-14(13)19(24)22-21-17/h2-9H,10H2,1H3,(H,22,24). The molecule has 134 valence electrons. The van der Waals surface area contributed by atoms with Crippen LogP contribution in [-0.4, -0.2) is 28.6 Å². The number of carbonyl (C=O) groups excluding carboxylic acids is 2. The zero-order valence-corrected chi connectivity index (χ0v) is 15.1. The number of hydrogen-bond donors (Lipinski definition) is 1. The Morgan fingerprint density at radius 2 is 1.70 bits per heavy atom. The van der Waals surface area contributed by atoms with Crippen LogP contribution in [0.25, 0.3) is 20.9 Å². The third kappa shape index (κ3) is 3.02. The predicted molar refractivity (Wildman–Crippen MR) is 104 cm³/mol. The highest BCUT2D eigenvalue weighted by Crippen LogP contribution is 2.30. The molecule has 0 amide bonds. The second-order valence-electron chi connectivity index (χ2n) is 6.00. The van der Waals surface area contributed by atoms with E-state index in [1.54, 1.807) is 24.3 Å². The molecule has 0 saturated carbocycles. The molecule has 0 aliphatic carbocycles. The summed E-state index contributed by atoms with van der Waals surface area (Å²) in [5.41, 5.74) is 0.467. The average molecular weight is 378 g/mol. The van der Waals surface area contributed by atoms with Crippen molar-refractivity contribution in [3.63, 3.8) is 0 Å². The Hall–Kier alpha value is -3.32. The lowest BCUT2D eigenvalue weighted by Crippen LogP contribution is -2.18. The molecule has 7 heteroatoms. The Labute approximate surface area is 157 Å². The number of aryl methyl sites for hydroxylation is 1. The van der Waals surface area contributed by atoms with Gasteiger partial charge in [-0.1, -0.05) is 36.4 Å². The third-order valence-electron chi connectivity index (χ3n) is 4.32. The molecule has 27 heavy (non-hydrogen) atoms. The number of rotatable bonds is 4. The summed E-state index contributed by atoms with van der Waals surface area (Å²) in [4.78, 5) is 37.3. The zero-order valence-electron chi connectivity index (χ0n) is 14.3. The molecule has 2 aromatic carbocycles. The van der Waals surface area contributed by atoms with Crippen molar-refractivity contribution in [2.45, 2.75) is 6.92 Å². The molecule has 0 unspecified atom stereocenters. The average Bonchev–Trinajstić information content (AvgIpc) is 3.03. The fraction of sp³-hybridized carbons (Fsp3) is 0.100. The molecular formula is C20H14N2O4S. The van der Waals surface area contributed by atoms with E-state index >= 15 is 0 Å². The number of nitrogens with one attached hydrogen (secondary N) is 1. The van der Waals surface area contributed by atoms with Crippen molar-refractivity contribution < 1.29 is 14.3 Å². The van der Waals surface area contributed by atoms with Crippen LogP contribution in [0.15, 0.2) is 53.3 Å². The molecule has 0 spiro atoms. The zero-order chi connectivity index (χ0) is 19.0. The minimum absolute atomic E-state index is 0.0222. The van der Waals surface area contributed by atoms with Gasteiger partial charge in [0.15, 0.2) is 12.3 Å². The first-order chi connectivity index (χ1) is 13.1. The Morgan fingerprint density at radius 3 is 2.44 bits per heavy atom. The van der Waals surface area contributed by atoms with E-state index in [0.717, 1.165) is 15.6 Å². The van der Waals surface area contributed by atoms with E-state index in [4.69, 9.17) is 4.74 Å². The number of ketones is 1. The van der Waals surface area contributed by atoms with Crippen LogP contribution in [0.2, 0.25) is 0 Å². The van der Waals surface area contributed by atoms with E-state index in [0.29, 0.717) is 15.6 Å². The maximum absolute atomic E-state index is 12.5. The van der Waals surface area contributed by atoms with Gasteiger partial charge in [-0.2, -0.15) is 5.10 Å². The molecule has 2 aromatic heterocycles. The molecule has 2 heterocycles. The monoisotopic (exact) mass is 378 g/mol. The van der Waals surface area contributed by atoms with Crippen molar-refractivity contribution in [3.05, 3.63) is 75.0 Å². The van der Waals surface area contributed by atoms with E-state index in [1.165, 1.54) is 11.3 Å². The van der Waals surface area contributed by atoms with E-state index in [1.807, 2.05) is 31.2 Å². The molecule has 4 rings (SSSR count). The van der Waals surface area contributed by atoms with Gasteiger partial charge in [-0.05, 0) is 30.0 Å². The lowest BCUT2D eigenvalue weighted by molar-refractivity contribution is 0.0471. The summed E-state index contributed by atoms with van der Waals surface area (Å²) >= 11 is 1.38. The van der Waals surface area contributed by atoms with Crippen LogP contribution in [0, 0.1) is 6.92 Å². The van der Waals surface area contributed by atoms with Crippen molar-refractivity contribution in [1.82, 2.24) is 10.2 Å². The molecule has 0 aliphatic heterocycles. The van der Waals surface area contributed by atoms with Gasteiger partial charge in [0.2, 0.25) is 5.78 Å². The molecule has 0 atom stereocenters. The van der Waals surface area contributed by atoms with Gasteiger partial charge >= 0.3 is 5.97 Å². The number of thiophene rings is 1. The number of Topliss-reactive ketones (excluding diaryl/α,β-unsaturated/α-hetero) is 1. The van der Waals surface area contributed by atoms with Gasteiger partial charge in [-0.25, -0.2) is 9.89 Å². The largest absolute Gasteiger partial charge is 0.452 e. The van der Waals surface area contributed by atoms with Crippen LogP contribution < -0.4 is 5.56 Å². The number of ether oxygens (including phenoxy) is 1. The third-order valence-corrected chi connectivity index (χ3v) is 5.63. The highest BCUT2D eigenvalue weighted by Gasteiger charge is 2.20. The number of carbonyl (C=O) groups is 2. The number of fused-ring (bicyclic) bond motifs is 2. The van der Waals surface area contributed by atoms with Crippen molar-refractivity contribution in [1.29, 1.82) is 0 Å². The summed E-state index contributed by atoms with van der Waals surface area (Å²) in [6, 6.07) is 14.4. The molecule has 1 N–H and O–H groups in total. The number of aromatic amines is 1. The minimum Gasteiger partial charge on any atom is -0.452 e. The minimum atomic E-state index is -0.755. The first kappa shape index (κ1) is 17.1. The van der Waals surface area contributed by atoms with Crippen LogP contribution in [0.3, 0.4) is 0 Å². The summed E-state index contributed by atoms with van der Waals surface area (Å²) in [6.07, 6.45) is 0. The van der Waals surface area contributed by atoms with Gasteiger partial charge in [0.25, 0.3) is 5.56 Å². The van der Waals surface area contributed by atoms with E-state index < -0.39 is 5.97 Å². The molecule has 0 radical (unpaired) electrons. The van der Waals surface area contributed by atoms with Crippen LogP contribution in [0.4, 0.5) is 0 Å². The van der Waals surface area contributed by atoms with Crippen LogP contribution >= 0.6 is 11.3 Å². The van der Waals surface area contributed by atoms with Crippen LogP contribution in [0.1, 0.15) is 25.7 Å². The molecule has 0 aliphatic rings. The molecule has 0 fully saturated rings. The van der Waals surface area contributed by atoms with Gasteiger partial charge in [0, 0.05) is 10.1 Å². The number of hydrogen-bond acceptors (Lipinski definition) is 6. The Balaban J connectivity index is 1.57. The van der Waals surface area contributed by atoms with Crippen molar-refractivity contribution in [2.24, 2.45) is 0 Å². The molecular weight excluding hydrogens is 364 g/mol. The van der Waals surface area contributed by atoms with Gasteiger partial charge in [0.05, 0.1) is 10.3 Å². The fourth-order valence-corrected chi connectivity index (χ4v) is 4.11. The van der Waals surface area contributed by atoms with Gasteiger partial charge < -0.3 is 4.74 Å². The topological polar surface area (TPSA) is 89.1 Å². The summed E-state index contributed by atoms with van der Waals surface area (Å²) in [7, 11) is 0. The first-order valence-corrected chi connectivity index (χ1v) is 9.04. The van der Waals surface area contributed by atoms with Crippen molar-refractivity contribution in [3.8, 4) is 0 Å². The van der Waals surface area contributed by atoms with E-state index in [-0.39, 0.29) is 23.6 Å². The SMILES string of the molecule is Cc1c(C(=O)COC(=O)c2n[nH]c(=O)c3ccccc23)sc2ccccc12. The number of aromatic nitrogens is 2. The van der Waals surface area contributed by atoms with Crippen molar-refractivity contribution >= 4 is 43.9 Å². The molecule has 0 saturated heterocycles. The Bertz CT molecular complexity index is 1260. The molecule has 4 aromatic rings. The Kier molecular flexibility index (Phi) is 4.29. The predicted octanol–water partition coefficient (Wildman–Crippen LogP) is 3.49. The summed E-state index contributed by atoms with van der Waals surface area (Å²) in [5, 5.41) is 7.81. The second-order valence-corrected chi connectivity index (χ2v) is 7.05.